The fraction of sp³-hybridized carbons (Fsp3) is 0.467. The molecule has 1 rings (SSSR count). The van der Waals surface area contributed by atoms with Crippen molar-refractivity contribution in [3.05, 3.63) is 29.6 Å². The van der Waals surface area contributed by atoms with E-state index in [1.807, 2.05) is 6.92 Å². The van der Waals surface area contributed by atoms with Crippen LogP contribution < -0.4 is 10.6 Å². The van der Waals surface area contributed by atoms with Gasteiger partial charge in [-0.1, -0.05) is 26.2 Å². The summed E-state index contributed by atoms with van der Waals surface area (Å²) in [6.45, 7) is 3.97. The van der Waals surface area contributed by atoms with Crippen LogP contribution in [0.15, 0.2) is 18.2 Å². The highest BCUT2D eigenvalue weighted by Crippen LogP contribution is 2.17. The molecular formula is C15H21FN2O3. The summed E-state index contributed by atoms with van der Waals surface area (Å²) in [4.78, 5) is 22.8. The number of urea groups is 1. The number of carboxylic acids is 1. The quantitative estimate of drug-likeness (QED) is 0.672. The van der Waals surface area contributed by atoms with Gasteiger partial charge in [0.15, 0.2) is 0 Å². The van der Waals surface area contributed by atoms with Gasteiger partial charge in [-0.05, 0) is 31.5 Å². The first-order valence-corrected chi connectivity index (χ1v) is 7.04. The van der Waals surface area contributed by atoms with E-state index < -0.39 is 17.8 Å². The number of hydrogen-bond acceptors (Lipinski definition) is 2. The highest BCUT2D eigenvalue weighted by atomic mass is 19.1. The van der Waals surface area contributed by atoms with E-state index in [0.717, 1.165) is 43.9 Å². The molecule has 0 fully saturated rings. The molecule has 1 atom stereocenters. The first-order chi connectivity index (χ1) is 9.93. The van der Waals surface area contributed by atoms with E-state index >= 15 is 0 Å². The Kier molecular flexibility index (Phi) is 6.65. The minimum atomic E-state index is -1.22. The third-order valence-electron chi connectivity index (χ3n) is 3.08. The lowest BCUT2D eigenvalue weighted by molar-refractivity contribution is 0.0698. The van der Waals surface area contributed by atoms with Crippen LogP contribution in [0.2, 0.25) is 0 Å². The Bertz CT molecular complexity index is 506. The standard InChI is InChI=1S/C15H21FN2O3/c1-3-4-5-6-10(2)17-15(21)18-13-9-11(16)7-8-12(13)14(19)20/h7-10H,3-6H2,1-2H3,(H,19,20)(H2,17,18,21). The molecule has 0 heterocycles. The predicted octanol–water partition coefficient (Wildman–Crippen LogP) is 3.61. The zero-order valence-corrected chi connectivity index (χ0v) is 12.3. The van der Waals surface area contributed by atoms with Gasteiger partial charge in [-0.15, -0.1) is 0 Å². The molecule has 6 heteroatoms. The van der Waals surface area contributed by atoms with Gasteiger partial charge in [0.25, 0.3) is 0 Å². The molecule has 0 saturated carbocycles. The van der Waals surface area contributed by atoms with Gasteiger partial charge in [0.2, 0.25) is 0 Å². The number of carbonyl (C=O) groups excluding carboxylic acids is 1. The fourth-order valence-electron chi connectivity index (χ4n) is 1.96. The maximum Gasteiger partial charge on any atom is 0.337 e. The zero-order valence-electron chi connectivity index (χ0n) is 12.3. The number of amides is 2. The Morgan fingerprint density at radius 2 is 2.05 bits per heavy atom. The SMILES string of the molecule is CCCCCC(C)NC(=O)Nc1cc(F)ccc1C(=O)O. The van der Waals surface area contributed by atoms with Gasteiger partial charge in [0.1, 0.15) is 5.82 Å². The van der Waals surface area contributed by atoms with Gasteiger partial charge in [0, 0.05) is 6.04 Å². The summed E-state index contributed by atoms with van der Waals surface area (Å²) in [7, 11) is 0. The van der Waals surface area contributed by atoms with Gasteiger partial charge < -0.3 is 15.7 Å². The van der Waals surface area contributed by atoms with E-state index in [4.69, 9.17) is 5.11 Å². The van der Waals surface area contributed by atoms with Crippen LogP contribution in [0.5, 0.6) is 0 Å². The molecule has 0 radical (unpaired) electrons. The van der Waals surface area contributed by atoms with Crippen LogP contribution in [0.3, 0.4) is 0 Å². The van der Waals surface area contributed by atoms with Gasteiger partial charge in [-0.25, -0.2) is 14.0 Å². The van der Waals surface area contributed by atoms with Crippen LogP contribution in [0.1, 0.15) is 49.9 Å². The van der Waals surface area contributed by atoms with Crippen molar-refractivity contribution in [2.75, 3.05) is 5.32 Å². The number of hydrogen-bond donors (Lipinski definition) is 3. The summed E-state index contributed by atoms with van der Waals surface area (Å²) in [6.07, 6.45) is 4.05. The van der Waals surface area contributed by atoms with Gasteiger partial charge >= 0.3 is 12.0 Å². The van der Waals surface area contributed by atoms with Gasteiger partial charge in [-0.2, -0.15) is 0 Å². The molecule has 5 nitrogen and oxygen atoms in total. The van der Waals surface area contributed by atoms with E-state index in [1.54, 1.807) is 0 Å². The number of carbonyl (C=O) groups is 2. The highest BCUT2D eigenvalue weighted by molar-refractivity contribution is 6.00. The predicted molar refractivity (Wildman–Crippen MR) is 79.1 cm³/mol. The summed E-state index contributed by atoms with van der Waals surface area (Å²) in [6, 6.07) is 2.59. The molecule has 116 valence electrons. The molecule has 0 bridgehead atoms. The van der Waals surface area contributed by atoms with Gasteiger partial charge in [0.05, 0.1) is 11.3 Å². The monoisotopic (exact) mass is 296 g/mol. The maximum absolute atomic E-state index is 13.2. The molecular weight excluding hydrogens is 275 g/mol. The Morgan fingerprint density at radius 1 is 1.33 bits per heavy atom. The van der Waals surface area contributed by atoms with E-state index in [2.05, 4.69) is 17.6 Å². The lowest BCUT2D eigenvalue weighted by Gasteiger charge is -2.15. The highest BCUT2D eigenvalue weighted by Gasteiger charge is 2.14. The first-order valence-electron chi connectivity index (χ1n) is 7.04. The summed E-state index contributed by atoms with van der Waals surface area (Å²) >= 11 is 0. The van der Waals surface area contributed by atoms with Crippen molar-refractivity contribution in [1.29, 1.82) is 0 Å². The molecule has 0 aromatic heterocycles. The van der Waals surface area contributed by atoms with Gasteiger partial charge in [-0.3, -0.25) is 0 Å². The van der Waals surface area contributed by atoms with E-state index in [-0.39, 0.29) is 17.3 Å². The van der Waals surface area contributed by atoms with Crippen molar-refractivity contribution in [2.24, 2.45) is 0 Å². The lowest BCUT2D eigenvalue weighted by atomic mass is 10.1. The molecule has 1 aromatic rings. The third-order valence-corrected chi connectivity index (χ3v) is 3.08. The Labute approximate surface area is 123 Å². The zero-order chi connectivity index (χ0) is 15.8. The first kappa shape index (κ1) is 16.9. The minimum Gasteiger partial charge on any atom is -0.478 e. The van der Waals surface area contributed by atoms with Crippen molar-refractivity contribution in [2.45, 2.75) is 45.6 Å². The van der Waals surface area contributed by atoms with E-state index in [9.17, 15) is 14.0 Å². The summed E-state index contributed by atoms with van der Waals surface area (Å²) < 4.78 is 13.2. The second-order valence-electron chi connectivity index (χ2n) is 4.99. The Hall–Kier alpha value is -2.11. The van der Waals surface area contributed by atoms with Crippen molar-refractivity contribution in [1.82, 2.24) is 5.32 Å². The minimum absolute atomic E-state index is 0.0293. The molecule has 3 N–H and O–H groups in total. The summed E-state index contributed by atoms with van der Waals surface area (Å²) in [5, 5.41) is 14.1. The molecule has 0 saturated heterocycles. The molecule has 21 heavy (non-hydrogen) atoms. The Balaban J connectivity index is 2.62. The second-order valence-corrected chi connectivity index (χ2v) is 4.99. The maximum atomic E-state index is 13.2. The van der Waals surface area contributed by atoms with E-state index in [1.165, 1.54) is 0 Å². The molecule has 0 aliphatic rings. The number of rotatable bonds is 7. The summed E-state index contributed by atoms with van der Waals surface area (Å²) in [5.41, 5.74) is -0.203. The molecule has 0 aliphatic heterocycles. The number of aromatic carboxylic acids is 1. The summed E-state index contributed by atoms with van der Waals surface area (Å²) in [5.74, 6) is -1.83. The molecule has 0 spiro atoms. The number of anilines is 1. The van der Waals surface area contributed by atoms with Crippen molar-refractivity contribution < 1.29 is 19.1 Å². The molecule has 1 aromatic carbocycles. The normalized spacial score (nSPS) is 11.8. The van der Waals surface area contributed by atoms with Crippen molar-refractivity contribution in [3.63, 3.8) is 0 Å². The van der Waals surface area contributed by atoms with Crippen LogP contribution in [-0.4, -0.2) is 23.1 Å². The largest absolute Gasteiger partial charge is 0.478 e. The molecule has 1 unspecified atom stereocenters. The van der Waals surface area contributed by atoms with Crippen LogP contribution in [0.25, 0.3) is 0 Å². The third kappa shape index (κ3) is 5.81. The van der Waals surface area contributed by atoms with Crippen molar-refractivity contribution >= 4 is 17.7 Å². The van der Waals surface area contributed by atoms with Crippen LogP contribution in [-0.2, 0) is 0 Å². The average molecular weight is 296 g/mol. The number of halogens is 1. The lowest BCUT2D eigenvalue weighted by Crippen LogP contribution is -2.36. The smallest absolute Gasteiger partial charge is 0.337 e. The van der Waals surface area contributed by atoms with Crippen LogP contribution in [0, 0.1) is 5.82 Å². The second kappa shape index (κ2) is 8.24. The topological polar surface area (TPSA) is 78.4 Å². The average Bonchev–Trinajstić information content (AvgIpc) is 2.38. The van der Waals surface area contributed by atoms with Crippen LogP contribution >= 0.6 is 0 Å². The van der Waals surface area contributed by atoms with E-state index in [0.29, 0.717) is 0 Å². The molecule has 2 amide bonds. The van der Waals surface area contributed by atoms with Crippen LogP contribution in [0.4, 0.5) is 14.9 Å². The fourth-order valence-corrected chi connectivity index (χ4v) is 1.96. The van der Waals surface area contributed by atoms with Crippen molar-refractivity contribution in [3.8, 4) is 0 Å². The number of nitrogens with one attached hydrogen (secondary N) is 2. The number of carboxylic acid groups (broad SMARTS) is 1. The number of unbranched alkanes of at least 4 members (excludes halogenated alkanes) is 2. The Morgan fingerprint density at radius 3 is 2.67 bits per heavy atom. The number of benzene rings is 1. The molecule has 0 aliphatic carbocycles.